The maximum atomic E-state index is 11.9. The Morgan fingerprint density at radius 1 is 1.18 bits per heavy atom. The number of ketones is 1. The Hall–Kier alpha value is -0.740. The number of Topliss-reactive ketones (excluding diaryl/α,β-unsaturated/α-hetero) is 1. The molecular formula is C11H9Cl2F3O. The van der Waals surface area contributed by atoms with Gasteiger partial charge in [-0.05, 0) is 18.6 Å². The highest BCUT2D eigenvalue weighted by Crippen LogP contribution is 2.27. The van der Waals surface area contributed by atoms with Crippen LogP contribution in [-0.2, 0) is 0 Å². The van der Waals surface area contributed by atoms with Gasteiger partial charge in [0.1, 0.15) is 0 Å². The number of alkyl halides is 3. The quantitative estimate of drug-likeness (QED) is 0.718. The lowest BCUT2D eigenvalue weighted by atomic mass is 10.1. The van der Waals surface area contributed by atoms with E-state index < -0.39 is 18.4 Å². The van der Waals surface area contributed by atoms with Gasteiger partial charge in [-0.15, -0.1) is 0 Å². The topological polar surface area (TPSA) is 17.1 Å². The SMILES string of the molecule is O=C(CCCC(F)(F)F)c1c(Cl)cccc1Cl. The van der Waals surface area contributed by atoms with E-state index in [-0.39, 0.29) is 28.5 Å². The number of benzene rings is 1. The summed E-state index contributed by atoms with van der Waals surface area (Å²) < 4.78 is 35.7. The van der Waals surface area contributed by atoms with Gasteiger partial charge in [0.05, 0.1) is 15.6 Å². The van der Waals surface area contributed by atoms with Crippen LogP contribution in [0.3, 0.4) is 0 Å². The van der Waals surface area contributed by atoms with Gasteiger partial charge in [0.15, 0.2) is 5.78 Å². The van der Waals surface area contributed by atoms with Crippen molar-refractivity contribution >= 4 is 29.0 Å². The Labute approximate surface area is 107 Å². The van der Waals surface area contributed by atoms with Gasteiger partial charge in [-0.2, -0.15) is 13.2 Å². The fourth-order valence-electron chi connectivity index (χ4n) is 1.34. The normalized spacial score (nSPS) is 11.6. The van der Waals surface area contributed by atoms with Gasteiger partial charge < -0.3 is 0 Å². The van der Waals surface area contributed by atoms with E-state index in [0.717, 1.165) is 0 Å². The van der Waals surface area contributed by atoms with Gasteiger partial charge in [0.25, 0.3) is 0 Å². The lowest BCUT2D eigenvalue weighted by Gasteiger charge is -2.07. The summed E-state index contributed by atoms with van der Waals surface area (Å²) in [6.07, 6.45) is -5.71. The van der Waals surface area contributed by atoms with E-state index in [0.29, 0.717) is 0 Å². The molecule has 0 aliphatic heterocycles. The Bertz CT molecular complexity index is 395. The van der Waals surface area contributed by atoms with Crippen LogP contribution in [0.2, 0.25) is 10.0 Å². The summed E-state index contributed by atoms with van der Waals surface area (Å²) >= 11 is 11.5. The average Bonchev–Trinajstić information content (AvgIpc) is 2.15. The molecule has 1 nitrogen and oxygen atoms in total. The molecule has 1 aromatic carbocycles. The number of hydrogen-bond donors (Lipinski definition) is 0. The number of hydrogen-bond acceptors (Lipinski definition) is 1. The van der Waals surface area contributed by atoms with Crippen molar-refractivity contribution in [3.8, 4) is 0 Å². The molecule has 0 fully saturated rings. The molecule has 0 amide bonds. The standard InChI is InChI=1S/C11H9Cl2F3O/c12-7-3-1-4-8(13)10(7)9(17)5-2-6-11(14,15)16/h1,3-4H,2,5-6H2. The summed E-state index contributed by atoms with van der Waals surface area (Å²) in [6, 6.07) is 4.52. The van der Waals surface area contributed by atoms with E-state index in [1.54, 1.807) is 6.07 Å². The smallest absolute Gasteiger partial charge is 0.294 e. The Kier molecular flexibility index (Phi) is 4.83. The predicted octanol–water partition coefficient (Wildman–Crippen LogP) is 4.91. The number of carbonyl (C=O) groups excluding carboxylic acids is 1. The van der Waals surface area contributed by atoms with Crippen molar-refractivity contribution in [1.29, 1.82) is 0 Å². The van der Waals surface area contributed by atoms with E-state index in [1.807, 2.05) is 0 Å². The Morgan fingerprint density at radius 2 is 1.71 bits per heavy atom. The Morgan fingerprint density at radius 3 is 2.18 bits per heavy atom. The summed E-state index contributed by atoms with van der Waals surface area (Å²) in [5, 5.41) is 0.323. The summed E-state index contributed by atoms with van der Waals surface area (Å²) in [5.41, 5.74) is 0.0954. The second-order valence-electron chi connectivity index (χ2n) is 3.49. The van der Waals surface area contributed by atoms with Crippen molar-refractivity contribution < 1.29 is 18.0 Å². The van der Waals surface area contributed by atoms with Gasteiger partial charge in [0, 0.05) is 12.8 Å². The van der Waals surface area contributed by atoms with Crippen LogP contribution in [0.25, 0.3) is 0 Å². The van der Waals surface area contributed by atoms with Crippen molar-refractivity contribution in [1.82, 2.24) is 0 Å². The fraction of sp³-hybridized carbons (Fsp3) is 0.364. The lowest BCUT2D eigenvalue weighted by molar-refractivity contribution is -0.135. The van der Waals surface area contributed by atoms with E-state index >= 15 is 0 Å². The van der Waals surface area contributed by atoms with Crippen molar-refractivity contribution in [2.24, 2.45) is 0 Å². The first-order valence-electron chi connectivity index (χ1n) is 4.85. The number of halogens is 5. The minimum Gasteiger partial charge on any atom is -0.294 e. The molecule has 1 rings (SSSR count). The largest absolute Gasteiger partial charge is 0.389 e. The molecule has 0 aliphatic rings. The average molecular weight is 285 g/mol. The number of carbonyl (C=O) groups is 1. The first kappa shape index (κ1) is 14.3. The second kappa shape index (κ2) is 5.74. The maximum absolute atomic E-state index is 11.9. The molecule has 0 aromatic heterocycles. The zero-order valence-corrected chi connectivity index (χ0v) is 10.2. The molecule has 0 saturated carbocycles. The highest BCUT2D eigenvalue weighted by Gasteiger charge is 2.27. The van der Waals surface area contributed by atoms with Crippen LogP contribution in [0.1, 0.15) is 29.6 Å². The van der Waals surface area contributed by atoms with Crippen molar-refractivity contribution in [3.63, 3.8) is 0 Å². The molecule has 0 saturated heterocycles. The molecule has 0 N–H and O–H groups in total. The highest BCUT2D eigenvalue weighted by atomic mass is 35.5. The summed E-state index contributed by atoms with van der Waals surface area (Å²) in [4.78, 5) is 11.6. The maximum Gasteiger partial charge on any atom is 0.389 e. The molecule has 0 spiro atoms. The van der Waals surface area contributed by atoms with Crippen molar-refractivity contribution in [2.75, 3.05) is 0 Å². The lowest BCUT2D eigenvalue weighted by Crippen LogP contribution is -2.09. The molecule has 94 valence electrons. The molecule has 0 aliphatic carbocycles. The second-order valence-corrected chi connectivity index (χ2v) is 4.30. The van der Waals surface area contributed by atoms with Crippen LogP contribution in [0.4, 0.5) is 13.2 Å². The molecule has 0 bridgehead atoms. The van der Waals surface area contributed by atoms with Gasteiger partial charge in [0.2, 0.25) is 0 Å². The molecule has 0 unspecified atom stereocenters. The van der Waals surface area contributed by atoms with E-state index in [1.165, 1.54) is 12.1 Å². The third-order valence-corrected chi connectivity index (χ3v) is 2.74. The number of rotatable bonds is 4. The van der Waals surface area contributed by atoms with E-state index in [2.05, 4.69) is 0 Å². The predicted molar refractivity (Wildman–Crippen MR) is 60.7 cm³/mol. The monoisotopic (exact) mass is 284 g/mol. The zero-order chi connectivity index (χ0) is 13.1. The zero-order valence-electron chi connectivity index (χ0n) is 8.65. The van der Waals surface area contributed by atoms with E-state index in [9.17, 15) is 18.0 Å². The first-order valence-corrected chi connectivity index (χ1v) is 5.61. The summed E-state index contributed by atoms with van der Waals surface area (Å²) in [5.74, 6) is -0.468. The molecule has 17 heavy (non-hydrogen) atoms. The molecule has 0 radical (unpaired) electrons. The van der Waals surface area contributed by atoms with Crippen LogP contribution >= 0.6 is 23.2 Å². The minimum absolute atomic E-state index is 0.0954. The van der Waals surface area contributed by atoms with Crippen LogP contribution in [0.5, 0.6) is 0 Å². The van der Waals surface area contributed by atoms with Crippen molar-refractivity contribution in [3.05, 3.63) is 33.8 Å². The molecule has 1 aromatic rings. The Balaban J connectivity index is 2.65. The fourth-order valence-corrected chi connectivity index (χ4v) is 1.95. The molecule has 6 heteroatoms. The van der Waals surface area contributed by atoms with Crippen molar-refractivity contribution in [2.45, 2.75) is 25.4 Å². The third kappa shape index (κ3) is 4.56. The van der Waals surface area contributed by atoms with Gasteiger partial charge in [-0.25, -0.2) is 0 Å². The highest BCUT2D eigenvalue weighted by molar-refractivity contribution is 6.39. The summed E-state index contributed by atoms with van der Waals surface area (Å²) in [7, 11) is 0. The molecular weight excluding hydrogens is 276 g/mol. The van der Waals surface area contributed by atoms with E-state index in [4.69, 9.17) is 23.2 Å². The van der Waals surface area contributed by atoms with Crippen LogP contribution in [-0.4, -0.2) is 12.0 Å². The van der Waals surface area contributed by atoms with Crippen LogP contribution in [0.15, 0.2) is 18.2 Å². The molecule has 0 heterocycles. The summed E-state index contributed by atoms with van der Waals surface area (Å²) in [6.45, 7) is 0. The first-order chi connectivity index (χ1) is 7.81. The van der Waals surface area contributed by atoms with Gasteiger partial charge in [-0.1, -0.05) is 29.3 Å². The van der Waals surface area contributed by atoms with Gasteiger partial charge >= 0.3 is 6.18 Å². The molecule has 0 atom stereocenters. The van der Waals surface area contributed by atoms with Crippen LogP contribution < -0.4 is 0 Å². The third-order valence-electron chi connectivity index (χ3n) is 2.11. The van der Waals surface area contributed by atoms with Gasteiger partial charge in [-0.3, -0.25) is 4.79 Å². The minimum atomic E-state index is -4.25. The van der Waals surface area contributed by atoms with Crippen LogP contribution in [0, 0.1) is 0 Å².